The number of carbonyl (C=O) groups is 1. The second kappa shape index (κ2) is 6.97. The van der Waals surface area contributed by atoms with Crippen molar-refractivity contribution in [2.24, 2.45) is 0 Å². The van der Waals surface area contributed by atoms with Crippen molar-refractivity contribution in [1.82, 2.24) is 5.32 Å². The molecule has 0 heterocycles. The first kappa shape index (κ1) is 14.5. The smallest absolute Gasteiger partial charge is 0.254 e. The van der Waals surface area contributed by atoms with Gasteiger partial charge in [-0.05, 0) is 31.0 Å². The van der Waals surface area contributed by atoms with Crippen LogP contribution in [0.1, 0.15) is 30.1 Å². The van der Waals surface area contributed by atoms with Gasteiger partial charge < -0.3 is 5.32 Å². The van der Waals surface area contributed by atoms with Gasteiger partial charge >= 0.3 is 0 Å². The third kappa shape index (κ3) is 4.28. The number of rotatable bonds is 5. The Morgan fingerprint density at radius 2 is 2.29 bits per heavy atom. The van der Waals surface area contributed by atoms with Crippen molar-refractivity contribution in [2.45, 2.75) is 25.8 Å². The highest BCUT2D eigenvalue weighted by molar-refractivity contribution is 9.09. The average Bonchev–Trinajstić information content (AvgIpc) is 2.31. The topological polar surface area (TPSA) is 29.1 Å². The molecule has 1 atom stereocenters. The van der Waals surface area contributed by atoms with Crippen molar-refractivity contribution >= 4 is 33.4 Å². The largest absolute Gasteiger partial charge is 0.349 e. The van der Waals surface area contributed by atoms with Gasteiger partial charge in [0.25, 0.3) is 5.91 Å². The van der Waals surface area contributed by atoms with E-state index in [0.29, 0.717) is 5.02 Å². The molecule has 0 saturated heterocycles. The van der Waals surface area contributed by atoms with Gasteiger partial charge in [0.2, 0.25) is 0 Å². The van der Waals surface area contributed by atoms with Crippen LogP contribution in [-0.2, 0) is 0 Å². The molecule has 0 bridgehead atoms. The van der Waals surface area contributed by atoms with Gasteiger partial charge in [-0.25, -0.2) is 4.39 Å². The summed E-state index contributed by atoms with van der Waals surface area (Å²) >= 11 is 9.05. The third-order valence-corrected chi connectivity index (χ3v) is 3.15. The zero-order chi connectivity index (χ0) is 12.8. The van der Waals surface area contributed by atoms with Crippen LogP contribution in [0.2, 0.25) is 5.02 Å². The third-order valence-electron chi connectivity index (χ3n) is 2.46. The summed E-state index contributed by atoms with van der Waals surface area (Å²) in [4.78, 5) is 11.8. The van der Waals surface area contributed by atoms with Crippen LogP contribution in [0, 0.1) is 5.82 Å². The van der Waals surface area contributed by atoms with Crippen LogP contribution in [0.3, 0.4) is 0 Å². The molecule has 0 saturated carbocycles. The number of alkyl halides is 1. The molecule has 17 heavy (non-hydrogen) atoms. The lowest BCUT2D eigenvalue weighted by Crippen LogP contribution is -2.35. The number of hydrogen-bond donors (Lipinski definition) is 1. The van der Waals surface area contributed by atoms with E-state index in [1.807, 2.05) is 6.92 Å². The molecule has 1 rings (SSSR count). The summed E-state index contributed by atoms with van der Waals surface area (Å²) in [5.74, 6) is -0.974. The van der Waals surface area contributed by atoms with E-state index in [1.54, 1.807) is 0 Å². The summed E-state index contributed by atoms with van der Waals surface area (Å²) in [7, 11) is 0. The van der Waals surface area contributed by atoms with Crippen LogP contribution in [0.15, 0.2) is 18.2 Å². The van der Waals surface area contributed by atoms with E-state index in [0.717, 1.165) is 18.2 Å². The van der Waals surface area contributed by atoms with E-state index in [9.17, 15) is 9.18 Å². The van der Waals surface area contributed by atoms with Crippen LogP contribution in [0.25, 0.3) is 0 Å². The Kier molecular flexibility index (Phi) is 5.92. The Morgan fingerprint density at radius 1 is 1.59 bits per heavy atom. The Bertz CT molecular complexity index is 400. The van der Waals surface area contributed by atoms with Crippen molar-refractivity contribution in [2.75, 3.05) is 5.33 Å². The van der Waals surface area contributed by atoms with Crippen molar-refractivity contribution < 1.29 is 9.18 Å². The van der Waals surface area contributed by atoms with Crippen LogP contribution in [-0.4, -0.2) is 17.3 Å². The van der Waals surface area contributed by atoms with Crippen molar-refractivity contribution in [3.05, 3.63) is 34.6 Å². The summed E-state index contributed by atoms with van der Waals surface area (Å²) in [6.07, 6.45) is 1.62. The molecule has 0 aromatic heterocycles. The first-order valence-corrected chi connectivity index (χ1v) is 6.90. The Hall–Kier alpha value is -0.610. The second-order valence-electron chi connectivity index (χ2n) is 3.68. The predicted molar refractivity (Wildman–Crippen MR) is 71.4 cm³/mol. The molecule has 1 aromatic carbocycles. The molecule has 0 spiro atoms. The Labute approximate surface area is 114 Å². The molecule has 0 aliphatic heterocycles. The minimum Gasteiger partial charge on any atom is -0.349 e. The maximum Gasteiger partial charge on any atom is 0.254 e. The Morgan fingerprint density at radius 3 is 2.88 bits per heavy atom. The number of amides is 1. The highest BCUT2D eigenvalue weighted by Gasteiger charge is 2.15. The highest BCUT2D eigenvalue weighted by atomic mass is 79.9. The number of halogens is 3. The maximum atomic E-state index is 13.4. The standard InChI is InChI=1S/C12H14BrClFNO/c1-2-9(5-6-13)16-12(17)10-7-8(14)3-4-11(10)15/h3-4,7,9H,2,5-6H2,1H3,(H,16,17). The van der Waals surface area contributed by atoms with Gasteiger partial charge in [0.05, 0.1) is 5.56 Å². The molecule has 1 N–H and O–H groups in total. The normalized spacial score (nSPS) is 12.2. The van der Waals surface area contributed by atoms with E-state index in [1.165, 1.54) is 18.2 Å². The predicted octanol–water partition coefficient (Wildman–Crippen LogP) is 3.77. The van der Waals surface area contributed by atoms with Gasteiger partial charge in [-0.1, -0.05) is 34.5 Å². The van der Waals surface area contributed by atoms with Crippen LogP contribution in [0.5, 0.6) is 0 Å². The fraction of sp³-hybridized carbons (Fsp3) is 0.417. The van der Waals surface area contributed by atoms with E-state index in [4.69, 9.17) is 11.6 Å². The molecule has 0 radical (unpaired) electrons. The molecule has 5 heteroatoms. The molecule has 0 aliphatic rings. The van der Waals surface area contributed by atoms with Gasteiger partial charge in [0.1, 0.15) is 5.82 Å². The summed E-state index contributed by atoms with van der Waals surface area (Å²) in [6.45, 7) is 1.97. The van der Waals surface area contributed by atoms with Gasteiger partial charge in [-0.3, -0.25) is 4.79 Å². The van der Waals surface area contributed by atoms with E-state index < -0.39 is 11.7 Å². The summed E-state index contributed by atoms with van der Waals surface area (Å²) in [6, 6.07) is 4.00. The first-order chi connectivity index (χ1) is 8.08. The molecule has 1 unspecified atom stereocenters. The lowest BCUT2D eigenvalue weighted by molar-refractivity contribution is 0.0931. The molecule has 0 aliphatic carbocycles. The lowest BCUT2D eigenvalue weighted by atomic mass is 10.1. The number of nitrogens with one attached hydrogen (secondary N) is 1. The van der Waals surface area contributed by atoms with Gasteiger partial charge in [0.15, 0.2) is 0 Å². The SMILES string of the molecule is CCC(CCBr)NC(=O)c1cc(Cl)ccc1F. The minimum atomic E-state index is -0.555. The number of carbonyl (C=O) groups excluding carboxylic acids is 1. The minimum absolute atomic E-state index is 0.00878. The quantitative estimate of drug-likeness (QED) is 0.821. The molecule has 0 fully saturated rings. The zero-order valence-electron chi connectivity index (χ0n) is 9.47. The summed E-state index contributed by atoms with van der Waals surface area (Å²) in [5.41, 5.74) is -0.00878. The first-order valence-electron chi connectivity index (χ1n) is 5.40. The molecular weight excluding hydrogens is 308 g/mol. The maximum absolute atomic E-state index is 13.4. The Balaban J connectivity index is 2.78. The van der Waals surface area contributed by atoms with Crippen LogP contribution < -0.4 is 5.32 Å². The lowest BCUT2D eigenvalue weighted by Gasteiger charge is -2.16. The monoisotopic (exact) mass is 321 g/mol. The van der Waals surface area contributed by atoms with E-state index >= 15 is 0 Å². The fourth-order valence-corrected chi connectivity index (χ4v) is 2.17. The second-order valence-corrected chi connectivity index (χ2v) is 4.91. The molecule has 2 nitrogen and oxygen atoms in total. The van der Waals surface area contributed by atoms with Gasteiger partial charge in [-0.2, -0.15) is 0 Å². The summed E-state index contributed by atoms with van der Waals surface area (Å²) < 4.78 is 13.4. The molecular formula is C12H14BrClFNO. The zero-order valence-corrected chi connectivity index (χ0v) is 11.8. The van der Waals surface area contributed by atoms with Crippen molar-refractivity contribution in [3.8, 4) is 0 Å². The molecule has 1 aromatic rings. The average molecular weight is 323 g/mol. The fourth-order valence-electron chi connectivity index (χ4n) is 1.44. The van der Waals surface area contributed by atoms with E-state index in [-0.39, 0.29) is 11.6 Å². The summed E-state index contributed by atoms with van der Waals surface area (Å²) in [5, 5.41) is 3.93. The molecule has 94 valence electrons. The van der Waals surface area contributed by atoms with Crippen molar-refractivity contribution in [3.63, 3.8) is 0 Å². The molecule has 1 amide bonds. The van der Waals surface area contributed by atoms with Gasteiger partial charge in [0, 0.05) is 16.4 Å². The number of hydrogen-bond acceptors (Lipinski definition) is 1. The van der Waals surface area contributed by atoms with Crippen LogP contribution in [0.4, 0.5) is 4.39 Å². The van der Waals surface area contributed by atoms with E-state index in [2.05, 4.69) is 21.2 Å². The highest BCUT2D eigenvalue weighted by Crippen LogP contribution is 2.15. The number of benzene rings is 1. The van der Waals surface area contributed by atoms with Crippen molar-refractivity contribution in [1.29, 1.82) is 0 Å². The van der Waals surface area contributed by atoms with Crippen LogP contribution >= 0.6 is 27.5 Å². The van der Waals surface area contributed by atoms with Gasteiger partial charge in [-0.15, -0.1) is 0 Å².